The molecule has 1 unspecified atom stereocenters. The van der Waals surface area contributed by atoms with E-state index in [1.807, 2.05) is 0 Å². The Labute approximate surface area is 136 Å². The molecule has 9 nitrogen and oxygen atoms in total. The summed E-state index contributed by atoms with van der Waals surface area (Å²) in [6, 6.07) is -0.582. The average molecular weight is 335 g/mol. The molecule has 0 aliphatic heterocycles. The monoisotopic (exact) mass is 335 g/mol. The van der Waals surface area contributed by atoms with Crippen molar-refractivity contribution in [3.8, 4) is 0 Å². The molecule has 0 radical (unpaired) electrons. The molecule has 0 aromatic rings. The summed E-state index contributed by atoms with van der Waals surface area (Å²) in [7, 11) is 0. The van der Waals surface area contributed by atoms with Crippen molar-refractivity contribution >= 4 is 11.7 Å². The lowest BCUT2D eigenvalue weighted by molar-refractivity contribution is -0.130. The minimum atomic E-state index is -0.582. The summed E-state index contributed by atoms with van der Waals surface area (Å²) in [4.78, 5) is 22.5. The fourth-order valence-corrected chi connectivity index (χ4v) is 1.31. The van der Waals surface area contributed by atoms with Crippen LogP contribution < -0.4 is 16.8 Å². The summed E-state index contributed by atoms with van der Waals surface area (Å²) in [5, 5.41) is 2.61. The molecular weight excluding hydrogens is 306 g/mol. The van der Waals surface area contributed by atoms with Gasteiger partial charge in [0, 0.05) is 13.1 Å². The van der Waals surface area contributed by atoms with Crippen LogP contribution in [0.4, 0.5) is 0 Å². The van der Waals surface area contributed by atoms with Crippen molar-refractivity contribution in [1.29, 1.82) is 0 Å². The zero-order chi connectivity index (χ0) is 17.3. The van der Waals surface area contributed by atoms with Gasteiger partial charge in [0.25, 0.3) is 0 Å². The zero-order valence-electron chi connectivity index (χ0n) is 13.8. The molecule has 1 amide bonds. The summed E-state index contributed by atoms with van der Waals surface area (Å²) in [6.45, 7) is 4.91. The van der Waals surface area contributed by atoms with Gasteiger partial charge in [0.2, 0.25) is 5.91 Å². The number of amides is 1. The molecule has 1 atom stereocenters. The molecule has 5 N–H and O–H groups in total. The second kappa shape index (κ2) is 15.8. The van der Waals surface area contributed by atoms with Crippen LogP contribution in [0.1, 0.15) is 6.92 Å². The van der Waals surface area contributed by atoms with Crippen molar-refractivity contribution in [2.75, 3.05) is 65.9 Å². The third-order valence-electron chi connectivity index (χ3n) is 2.56. The van der Waals surface area contributed by atoms with Crippen LogP contribution in [0.2, 0.25) is 0 Å². The Morgan fingerprint density at radius 1 is 0.913 bits per heavy atom. The van der Waals surface area contributed by atoms with Crippen LogP contribution in [-0.2, 0) is 28.5 Å². The highest BCUT2D eigenvalue weighted by molar-refractivity contribution is 5.85. The predicted octanol–water partition coefficient (Wildman–Crippen LogP) is -1.96. The van der Waals surface area contributed by atoms with Crippen molar-refractivity contribution in [3.05, 3.63) is 0 Å². The molecule has 136 valence electrons. The topological polar surface area (TPSA) is 135 Å². The first kappa shape index (κ1) is 21.9. The fourth-order valence-electron chi connectivity index (χ4n) is 1.31. The SMILES string of the molecule is CC(N)C(=O)COCC(=O)NCCOCCOCCOCCN. The maximum Gasteiger partial charge on any atom is 0.246 e. The van der Waals surface area contributed by atoms with Gasteiger partial charge in [0.15, 0.2) is 5.78 Å². The van der Waals surface area contributed by atoms with E-state index in [1.165, 1.54) is 0 Å². The highest BCUT2D eigenvalue weighted by Crippen LogP contribution is 1.84. The van der Waals surface area contributed by atoms with E-state index in [0.717, 1.165) is 0 Å². The molecule has 0 spiro atoms. The molecule has 0 aliphatic carbocycles. The van der Waals surface area contributed by atoms with Gasteiger partial charge in [0.1, 0.15) is 13.2 Å². The van der Waals surface area contributed by atoms with E-state index in [-0.39, 0.29) is 24.9 Å². The van der Waals surface area contributed by atoms with Crippen molar-refractivity contribution in [2.24, 2.45) is 11.5 Å². The highest BCUT2D eigenvalue weighted by atomic mass is 16.5. The number of carbonyl (C=O) groups excluding carboxylic acids is 2. The van der Waals surface area contributed by atoms with Gasteiger partial charge in [-0.25, -0.2) is 0 Å². The van der Waals surface area contributed by atoms with E-state index in [0.29, 0.717) is 52.7 Å². The zero-order valence-corrected chi connectivity index (χ0v) is 13.8. The molecule has 0 aliphatic rings. The van der Waals surface area contributed by atoms with Gasteiger partial charge in [-0.15, -0.1) is 0 Å². The Morgan fingerprint density at radius 3 is 2.04 bits per heavy atom. The predicted molar refractivity (Wildman–Crippen MR) is 84.0 cm³/mol. The maximum atomic E-state index is 11.4. The number of hydrogen-bond donors (Lipinski definition) is 3. The molecule has 0 fully saturated rings. The molecule has 23 heavy (non-hydrogen) atoms. The normalized spacial score (nSPS) is 12.1. The lowest BCUT2D eigenvalue weighted by Crippen LogP contribution is -2.34. The maximum absolute atomic E-state index is 11.4. The number of ether oxygens (including phenoxy) is 4. The van der Waals surface area contributed by atoms with Gasteiger partial charge < -0.3 is 35.7 Å². The molecule has 0 bridgehead atoms. The summed E-state index contributed by atoms with van der Waals surface area (Å²) in [5.41, 5.74) is 10.6. The highest BCUT2D eigenvalue weighted by Gasteiger charge is 2.08. The lowest BCUT2D eigenvalue weighted by atomic mass is 10.2. The van der Waals surface area contributed by atoms with Crippen LogP contribution in [0.25, 0.3) is 0 Å². The molecule has 0 aromatic heterocycles. The largest absolute Gasteiger partial charge is 0.378 e. The summed E-state index contributed by atoms with van der Waals surface area (Å²) >= 11 is 0. The van der Waals surface area contributed by atoms with E-state index in [9.17, 15) is 9.59 Å². The number of nitrogens with two attached hydrogens (primary N) is 2. The molecule has 0 aromatic carbocycles. The Bertz CT molecular complexity index is 315. The first-order valence-electron chi connectivity index (χ1n) is 7.64. The molecule has 0 heterocycles. The third kappa shape index (κ3) is 15.6. The molecule has 0 saturated heterocycles. The Kier molecular flexibility index (Phi) is 15.0. The van der Waals surface area contributed by atoms with Crippen LogP contribution in [0.15, 0.2) is 0 Å². The van der Waals surface area contributed by atoms with Crippen molar-refractivity contribution < 1.29 is 28.5 Å². The molecule has 0 rings (SSSR count). The molecular formula is C14H29N3O6. The average Bonchev–Trinajstić information content (AvgIpc) is 2.52. The van der Waals surface area contributed by atoms with E-state index in [1.54, 1.807) is 6.92 Å². The van der Waals surface area contributed by atoms with E-state index < -0.39 is 6.04 Å². The summed E-state index contributed by atoms with van der Waals surface area (Å²) in [6.07, 6.45) is 0. The summed E-state index contributed by atoms with van der Waals surface area (Å²) < 4.78 is 20.6. The first-order valence-corrected chi connectivity index (χ1v) is 7.64. The minimum absolute atomic E-state index is 0.159. The van der Waals surface area contributed by atoms with Gasteiger partial charge in [-0.05, 0) is 6.92 Å². The lowest BCUT2D eigenvalue weighted by Gasteiger charge is -2.08. The van der Waals surface area contributed by atoms with Crippen LogP contribution in [0.3, 0.4) is 0 Å². The van der Waals surface area contributed by atoms with Gasteiger partial charge in [-0.2, -0.15) is 0 Å². The third-order valence-corrected chi connectivity index (χ3v) is 2.56. The number of rotatable bonds is 16. The quantitative estimate of drug-likeness (QED) is 0.277. The van der Waals surface area contributed by atoms with Gasteiger partial charge in [-0.1, -0.05) is 0 Å². The summed E-state index contributed by atoms with van der Waals surface area (Å²) in [5.74, 6) is -0.547. The van der Waals surface area contributed by atoms with E-state index in [2.05, 4.69) is 5.32 Å². The molecule has 9 heteroatoms. The van der Waals surface area contributed by atoms with E-state index >= 15 is 0 Å². The Hall–Kier alpha value is -1.10. The number of hydrogen-bond acceptors (Lipinski definition) is 8. The van der Waals surface area contributed by atoms with E-state index in [4.69, 9.17) is 30.4 Å². The number of nitrogens with one attached hydrogen (secondary N) is 1. The number of carbonyl (C=O) groups is 2. The van der Waals surface area contributed by atoms with Crippen LogP contribution in [0, 0.1) is 0 Å². The van der Waals surface area contributed by atoms with Crippen molar-refractivity contribution in [3.63, 3.8) is 0 Å². The second-order valence-corrected chi connectivity index (χ2v) is 4.72. The first-order chi connectivity index (χ1) is 11.1. The smallest absolute Gasteiger partial charge is 0.246 e. The van der Waals surface area contributed by atoms with Gasteiger partial charge >= 0.3 is 0 Å². The number of Topliss-reactive ketones (excluding diaryl/α,β-unsaturated/α-hetero) is 1. The Balaban J connectivity index is 3.25. The Morgan fingerprint density at radius 2 is 1.48 bits per heavy atom. The standard InChI is InChI=1S/C14H29N3O6/c1-12(16)13(18)10-23-11-14(19)17-3-5-21-7-9-22-8-6-20-4-2-15/h12H,2-11,15-16H2,1H3,(H,17,19). The number of ketones is 1. The van der Waals surface area contributed by atoms with Crippen LogP contribution in [-0.4, -0.2) is 83.7 Å². The van der Waals surface area contributed by atoms with Crippen molar-refractivity contribution in [1.82, 2.24) is 5.32 Å². The second-order valence-electron chi connectivity index (χ2n) is 4.72. The van der Waals surface area contributed by atoms with Crippen LogP contribution in [0.5, 0.6) is 0 Å². The van der Waals surface area contributed by atoms with Crippen LogP contribution >= 0.6 is 0 Å². The van der Waals surface area contributed by atoms with Crippen molar-refractivity contribution in [2.45, 2.75) is 13.0 Å². The minimum Gasteiger partial charge on any atom is -0.378 e. The van der Waals surface area contributed by atoms with Gasteiger partial charge in [-0.3, -0.25) is 9.59 Å². The molecule has 0 saturated carbocycles. The fraction of sp³-hybridized carbons (Fsp3) is 0.857. The van der Waals surface area contributed by atoms with Gasteiger partial charge in [0.05, 0.1) is 45.7 Å².